The van der Waals surface area contributed by atoms with Crippen molar-refractivity contribution in [1.29, 1.82) is 0 Å². The first-order valence-corrected chi connectivity index (χ1v) is 8.21. The monoisotopic (exact) mass is 262 g/mol. The molecule has 1 saturated heterocycles. The van der Waals surface area contributed by atoms with Crippen LogP contribution in [0.25, 0.3) is 0 Å². The highest BCUT2D eigenvalue weighted by atomic mass is 32.2. The maximum atomic E-state index is 12.2. The van der Waals surface area contributed by atoms with Gasteiger partial charge in [0.15, 0.2) is 0 Å². The van der Waals surface area contributed by atoms with E-state index in [0.717, 1.165) is 19.4 Å². The van der Waals surface area contributed by atoms with Crippen molar-refractivity contribution in [3.05, 3.63) is 0 Å². The van der Waals surface area contributed by atoms with Crippen LogP contribution in [0, 0.1) is 0 Å². The summed E-state index contributed by atoms with van der Waals surface area (Å²) < 4.78 is 26.1. The van der Waals surface area contributed by atoms with Gasteiger partial charge in [0.1, 0.15) is 0 Å². The van der Waals surface area contributed by atoms with Gasteiger partial charge in [0.25, 0.3) is 0 Å². The average molecular weight is 262 g/mol. The van der Waals surface area contributed by atoms with E-state index in [2.05, 4.69) is 5.32 Å². The first-order chi connectivity index (χ1) is 7.98. The van der Waals surface area contributed by atoms with Gasteiger partial charge >= 0.3 is 0 Å². The number of nitrogens with one attached hydrogen (secondary N) is 1. The summed E-state index contributed by atoms with van der Waals surface area (Å²) in [6, 6.07) is 0.337. The Morgan fingerprint density at radius 3 is 2.53 bits per heavy atom. The molecule has 0 radical (unpaired) electrons. The molecule has 0 aromatic heterocycles. The molecule has 1 aliphatic heterocycles. The van der Waals surface area contributed by atoms with Gasteiger partial charge in [-0.2, -0.15) is 0 Å². The Labute approximate surface area is 106 Å². The Hall–Kier alpha value is -0.130. The molecule has 1 heterocycles. The fourth-order valence-electron chi connectivity index (χ4n) is 2.20. The number of nitrogens with zero attached hydrogens (tertiary/aromatic N) is 1. The highest BCUT2D eigenvalue weighted by molar-refractivity contribution is 7.89. The van der Waals surface area contributed by atoms with Crippen LogP contribution in [0.15, 0.2) is 0 Å². The lowest BCUT2D eigenvalue weighted by Gasteiger charge is -2.31. The van der Waals surface area contributed by atoms with Crippen molar-refractivity contribution >= 4 is 10.0 Å². The first kappa shape index (κ1) is 14.9. The second-order valence-corrected chi connectivity index (χ2v) is 7.59. The second kappa shape index (κ2) is 6.71. The largest absolute Gasteiger partial charge is 0.313 e. The topological polar surface area (TPSA) is 49.4 Å². The van der Waals surface area contributed by atoms with E-state index in [4.69, 9.17) is 0 Å². The predicted molar refractivity (Wildman–Crippen MR) is 71.6 cm³/mol. The minimum Gasteiger partial charge on any atom is -0.313 e. The van der Waals surface area contributed by atoms with Crippen LogP contribution in [-0.4, -0.2) is 43.6 Å². The van der Waals surface area contributed by atoms with E-state index >= 15 is 0 Å². The number of piperidine rings is 1. The molecule has 102 valence electrons. The third kappa shape index (κ3) is 4.23. The molecule has 0 aromatic carbocycles. The molecular weight excluding hydrogens is 236 g/mol. The quantitative estimate of drug-likeness (QED) is 0.790. The van der Waals surface area contributed by atoms with Crippen LogP contribution >= 0.6 is 0 Å². The molecule has 1 atom stereocenters. The lowest BCUT2D eigenvalue weighted by molar-refractivity contribution is 0.311. The zero-order chi connectivity index (χ0) is 12.9. The molecule has 0 aromatic rings. The molecule has 0 bridgehead atoms. The van der Waals surface area contributed by atoms with Crippen molar-refractivity contribution in [2.24, 2.45) is 0 Å². The number of sulfonamides is 1. The van der Waals surface area contributed by atoms with Crippen LogP contribution in [0.4, 0.5) is 0 Å². The minimum atomic E-state index is -3.11. The van der Waals surface area contributed by atoms with Gasteiger partial charge in [-0.05, 0) is 39.7 Å². The van der Waals surface area contributed by atoms with Gasteiger partial charge in [-0.25, -0.2) is 12.7 Å². The average Bonchev–Trinajstić information content (AvgIpc) is 2.29. The van der Waals surface area contributed by atoms with E-state index in [0.29, 0.717) is 19.1 Å². The van der Waals surface area contributed by atoms with Crippen molar-refractivity contribution in [2.75, 3.05) is 19.6 Å². The number of hydrogen-bond donors (Lipinski definition) is 1. The third-order valence-corrected chi connectivity index (χ3v) is 5.51. The van der Waals surface area contributed by atoms with E-state index in [1.54, 1.807) is 18.2 Å². The highest BCUT2D eigenvalue weighted by Crippen LogP contribution is 2.14. The number of hydrogen-bond acceptors (Lipinski definition) is 3. The van der Waals surface area contributed by atoms with Crippen LogP contribution in [0.3, 0.4) is 0 Å². The van der Waals surface area contributed by atoms with E-state index in [-0.39, 0.29) is 5.25 Å². The highest BCUT2D eigenvalue weighted by Gasteiger charge is 2.27. The third-order valence-electron chi connectivity index (χ3n) is 3.27. The molecule has 0 spiro atoms. The van der Waals surface area contributed by atoms with Gasteiger partial charge in [-0.3, -0.25) is 0 Å². The van der Waals surface area contributed by atoms with Gasteiger partial charge in [0, 0.05) is 19.1 Å². The maximum Gasteiger partial charge on any atom is 0.216 e. The van der Waals surface area contributed by atoms with Crippen LogP contribution in [-0.2, 0) is 10.0 Å². The molecule has 17 heavy (non-hydrogen) atoms. The fourth-order valence-corrected chi connectivity index (χ4v) is 3.62. The Kier molecular flexibility index (Phi) is 5.89. The van der Waals surface area contributed by atoms with Crippen molar-refractivity contribution in [3.63, 3.8) is 0 Å². The van der Waals surface area contributed by atoms with Gasteiger partial charge in [-0.15, -0.1) is 0 Å². The molecule has 1 N–H and O–H groups in total. The standard InChI is InChI=1S/C12H26N2O2S/c1-4-9-14(17(15,16)11(2)3)10-12-7-5-6-8-13-12/h11-13H,4-10H2,1-3H3. The van der Waals surface area contributed by atoms with Crippen LogP contribution in [0.2, 0.25) is 0 Å². The lowest BCUT2D eigenvalue weighted by atomic mass is 10.1. The molecule has 4 nitrogen and oxygen atoms in total. The second-order valence-electron chi connectivity index (χ2n) is 5.10. The first-order valence-electron chi connectivity index (χ1n) is 6.70. The fraction of sp³-hybridized carbons (Fsp3) is 1.00. The summed E-state index contributed by atoms with van der Waals surface area (Å²) in [5.41, 5.74) is 0. The Balaban J connectivity index is 2.65. The SMILES string of the molecule is CCCN(CC1CCCCN1)S(=O)(=O)C(C)C. The minimum absolute atomic E-state index is 0.322. The van der Waals surface area contributed by atoms with Gasteiger partial charge in [0.2, 0.25) is 10.0 Å². The van der Waals surface area contributed by atoms with Crippen LogP contribution in [0.5, 0.6) is 0 Å². The molecule has 1 aliphatic rings. The van der Waals surface area contributed by atoms with Crippen molar-refractivity contribution in [1.82, 2.24) is 9.62 Å². The van der Waals surface area contributed by atoms with Gasteiger partial charge < -0.3 is 5.32 Å². The molecule has 0 aliphatic carbocycles. The molecular formula is C12H26N2O2S. The molecule has 1 unspecified atom stereocenters. The zero-order valence-electron chi connectivity index (χ0n) is 11.3. The Morgan fingerprint density at radius 2 is 2.06 bits per heavy atom. The zero-order valence-corrected chi connectivity index (χ0v) is 12.1. The van der Waals surface area contributed by atoms with Crippen molar-refractivity contribution in [3.8, 4) is 0 Å². The summed E-state index contributed by atoms with van der Waals surface area (Å²) in [6.07, 6.45) is 4.38. The van der Waals surface area contributed by atoms with Gasteiger partial charge in [-0.1, -0.05) is 13.3 Å². The van der Waals surface area contributed by atoms with Gasteiger partial charge in [0.05, 0.1) is 5.25 Å². The Morgan fingerprint density at radius 1 is 1.35 bits per heavy atom. The van der Waals surface area contributed by atoms with Crippen molar-refractivity contribution in [2.45, 2.75) is 57.7 Å². The summed E-state index contributed by atoms with van der Waals surface area (Å²) in [4.78, 5) is 0. The smallest absolute Gasteiger partial charge is 0.216 e. The molecule has 1 rings (SSSR count). The summed E-state index contributed by atoms with van der Waals surface area (Å²) in [6.45, 7) is 7.83. The van der Waals surface area contributed by atoms with E-state index in [1.807, 2.05) is 6.92 Å². The molecule has 5 heteroatoms. The summed E-state index contributed by atoms with van der Waals surface area (Å²) in [5, 5.41) is 3.09. The van der Waals surface area contributed by atoms with Crippen LogP contribution < -0.4 is 5.32 Å². The predicted octanol–water partition coefficient (Wildman–Crippen LogP) is 1.58. The summed E-state index contributed by atoms with van der Waals surface area (Å²) in [5.74, 6) is 0. The van der Waals surface area contributed by atoms with Crippen molar-refractivity contribution < 1.29 is 8.42 Å². The Bertz CT molecular complexity index is 308. The maximum absolute atomic E-state index is 12.2. The lowest BCUT2D eigenvalue weighted by Crippen LogP contribution is -2.47. The van der Waals surface area contributed by atoms with E-state index in [9.17, 15) is 8.42 Å². The van der Waals surface area contributed by atoms with E-state index in [1.165, 1.54) is 12.8 Å². The summed E-state index contributed by atoms with van der Waals surface area (Å²) in [7, 11) is -3.11. The molecule has 0 saturated carbocycles. The van der Waals surface area contributed by atoms with Crippen LogP contribution in [0.1, 0.15) is 46.5 Å². The summed E-state index contributed by atoms with van der Waals surface area (Å²) >= 11 is 0. The van der Waals surface area contributed by atoms with E-state index < -0.39 is 10.0 Å². The normalized spacial score (nSPS) is 22.3. The molecule has 1 fully saturated rings. The molecule has 0 amide bonds. The number of rotatable bonds is 6.